The molecule has 0 fully saturated rings. The number of anilines is 1. The maximum atomic E-state index is 13.6. The summed E-state index contributed by atoms with van der Waals surface area (Å²) in [6.45, 7) is 1.50. The van der Waals surface area contributed by atoms with Gasteiger partial charge in [0, 0.05) is 22.1 Å². The molecule has 0 radical (unpaired) electrons. The monoisotopic (exact) mass is 386 g/mol. The van der Waals surface area contributed by atoms with Gasteiger partial charge in [0.1, 0.15) is 17.5 Å². The van der Waals surface area contributed by atoms with Crippen molar-refractivity contribution in [3.05, 3.63) is 63.9 Å². The highest BCUT2D eigenvalue weighted by Crippen LogP contribution is 2.20. The van der Waals surface area contributed by atoms with Crippen LogP contribution in [0.1, 0.15) is 18.5 Å². The van der Waals surface area contributed by atoms with Crippen molar-refractivity contribution in [3.63, 3.8) is 0 Å². The molecule has 0 aliphatic heterocycles. The number of benzene rings is 2. The normalized spacial score (nSPS) is 12.0. The van der Waals surface area contributed by atoms with E-state index in [1.54, 1.807) is 13.0 Å². The molecule has 3 nitrogen and oxygen atoms in total. The average molecular weight is 387 g/mol. The van der Waals surface area contributed by atoms with Gasteiger partial charge in [-0.1, -0.05) is 22.0 Å². The highest BCUT2D eigenvalue weighted by atomic mass is 79.9. The van der Waals surface area contributed by atoms with E-state index in [2.05, 4.69) is 26.6 Å². The molecular weight excluding hydrogens is 373 g/mol. The van der Waals surface area contributed by atoms with Crippen molar-refractivity contribution in [2.75, 3.05) is 11.9 Å². The highest BCUT2D eigenvalue weighted by molar-refractivity contribution is 9.10. The van der Waals surface area contributed by atoms with Gasteiger partial charge >= 0.3 is 0 Å². The van der Waals surface area contributed by atoms with Crippen LogP contribution in [0.3, 0.4) is 0 Å². The molecule has 0 saturated heterocycles. The van der Waals surface area contributed by atoms with Crippen LogP contribution in [0.4, 0.5) is 18.9 Å². The molecule has 0 aliphatic rings. The molecule has 1 amide bonds. The predicted octanol–water partition coefficient (Wildman–Crippen LogP) is 4.16. The Hall–Kier alpha value is -1.86. The summed E-state index contributed by atoms with van der Waals surface area (Å²) in [6, 6.07) is 7.01. The molecule has 0 saturated carbocycles. The number of nitrogens with one attached hydrogen (secondary N) is 2. The molecule has 2 rings (SSSR count). The van der Waals surface area contributed by atoms with Crippen LogP contribution in [0.15, 0.2) is 40.9 Å². The first-order valence-electron chi connectivity index (χ1n) is 6.80. The summed E-state index contributed by atoms with van der Waals surface area (Å²) in [6.07, 6.45) is 0. The minimum Gasteiger partial charge on any atom is -0.322 e. The maximum Gasteiger partial charge on any atom is 0.238 e. The Labute approximate surface area is 140 Å². The molecule has 23 heavy (non-hydrogen) atoms. The zero-order chi connectivity index (χ0) is 17.0. The van der Waals surface area contributed by atoms with E-state index in [0.29, 0.717) is 4.47 Å². The molecule has 7 heteroatoms. The van der Waals surface area contributed by atoms with E-state index in [4.69, 9.17) is 0 Å². The number of hydrogen-bond acceptors (Lipinski definition) is 2. The molecule has 0 heterocycles. The molecule has 0 aromatic heterocycles. The van der Waals surface area contributed by atoms with Gasteiger partial charge in [-0.3, -0.25) is 4.79 Å². The third-order valence-corrected chi connectivity index (χ3v) is 3.70. The molecule has 122 valence electrons. The van der Waals surface area contributed by atoms with Crippen molar-refractivity contribution in [1.82, 2.24) is 5.32 Å². The summed E-state index contributed by atoms with van der Waals surface area (Å²) in [4.78, 5) is 11.8. The summed E-state index contributed by atoms with van der Waals surface area (Å²) in [5, 5.41) is 5.22. The molecule has 2 N–H and O–H groups in total. The summed E-state index contributed by atoms with van der Waals surface area (Å²) in [7, 11) is 0. The first-order valence-corrected chi connectivity index (χ1v) is 7.59. The van der Waals surface area contributed by atoms with E-state index < -0.39 is 29.4 Å². The second-order valence-corrected chi connectivity index (χ2v) is 5.86. The third-order valence-electron chi connectivity index (χ3n) is 3.20. The number of rotatable bonds is 5. The molecule has 0 unspecified atom stereocenters. The summed E-state index contributed by atoms with van der Waals surface area (Å²) in [5.74, 6) is -2.39. The number of carbonyl (C=O) groups excluding carboxylic acids is 1. The minimum atomic E-state index is -0.690. The Kier molecular flexibility index (Phi) is 5.79. The van der Waals surface area contributed by atoms with Crippen molar-refractivity contribution < 1.29 is 18.0 Å². The third kappa shape index (κ3) is 4.80. The van der Waals surface area contributed by atoms with Crippen LogP contribution in [-0.4, -0.2) is 12.5 Å². The summed E-state index contributed by atoms with van der Waals surface area (Å²) in [5.41, 5.74) is 0.301. The molecule has 2 aromatic carbocycles. The van der Waals surface area contributed by atoms with E-state index in [0.717, 1.165) is 12.1 Å². The van der Waals surface area contributed by atoms with Crippen molar-refractivity contribution >= 4 is 27.5 Å². The zero-order valence-electron chi connectivity index (χ0n) is 12.2. The highest BCUT2D eigenvalue weighted by Gasteiger charge is 2.13. The summed E-state index contributed by atoms with van der Waals surface area (Å²) < 4.78 is 40.7. The van der Waals surface area contributed by atoms with Gasteiger partial charge in [-0.15, -0.1) is 0 Å². The lowest BCUT2D eigenvalue weighted by Gasteiger charge is -2.15. The van der Waals surface area contributed by atoms with E-state index in [9.17, 15) is 18.0 Å². The smallest absolute Gasteiger partial charge is 0.238 e. The first kappa shape index (κ1) is 17.5. The van der Waals surface area contributed by atoms with E-state index in [1.807, 2.05) is 0 Å². The van der Waals surface area contributed by atoms with Gasteiger partial charge < -0.3 is 10.6 Å². The van der Waals surface area contributed by atoms with Gasteiger partial charge in [-0.25, -0.2) is 13.2 Å². The van der Waals surface area contributed by atoms with Crippen molar-refractivity contribution in [2.45, 2.75) is 13.0 Å². The lowest BCUT2D eigenvalue weighted by Crippen LogP contribution is -2.30. The SMILES string of the molecule is C[C@H](NCC(=O)Nc1ccc(Br)cc1F)c1ccc(F)cc1F. The second-order valence-electron chi connectivity index (χ2n) is 4.94. The van der Waals surface area contributed by atoms with Crippen LogP contribution in [0.25, 0.3) is 0 Å². The first-order chi connectivity index (χ1) is 10.9. The van der Waals surface area contributed by atoms with Gasteiger partial charge in [0.25, 0.3) is 0 Å². The standard InChI is InChI=1S/C16H14BrF3N2O/c1-9(12-4-3-11(18)7-13(12)19)21-8-16(23)22-15-5-2-10(17)6-14(15)20/h2-7,9,21H,8H2,1H3,(H,22,23)/t9-/m0/s1. The van der Waals surface area contributed by atoms with E-state index in [1.165, 1.54) is 18.2 Å². The van der Waals surface area contributed by atoms with Gasteiger partial charge in [0.05, 0.1) is 12.2 Å². The average Bonchev–Trinajstić information content (AvgIpc) is 2.48. The Bertz CT molecular complexity index is 724. The molecule has 0 aliphatic carbocycles. The lowest BCUT2D eigenvalue weighted by molar-refractivity contribution is -0.115. The van der Waals surface area contributed by atoms with Crippen LogP contribution in [0.5, 0.6) is 0 Å². The minimum absolute atomic E-state index is 0.0561. The van der Waals surface area contributed by atoms with Crippen LogP contribution in [0.2, 0.25) is 0 Å². The van der Waals surface area contributed by atoms with Crippen LogP contribution < -0.4 is 10.6 Å². The summed E-state index contributed by atoms with van der Waals surface area (Å²) >= 11 is 3.12. The Morgan fingerprint density at radius 2 is 1.87 bits per heavy atom. The zero-order valence-corrected chi connectivity index (χ0v) is 13.8. The Morgan fingerprint density at radius 1 is 1.13 bits per heavy atom. The number of hydrogen-bond donors (Lipinski definition) is 2. The van der Waals surface area contributed by atoms with Crippen molar-refractivity contribution in [3.8, 4) is 0 Å². The molecule has 0 bridgehead atoms. The van der Waals surface area contributed by atoms with Gasteiger partial charge in [-0.2, -0.15) is 0 Å². The molecule has 2 aromatic rings. The Balaban J connectivity index is 1.93. The number of carbonyl (C=O) groups is 1. The second kappa shape index (κ2) is 7.61. The fraction of sp³-hybridized carbons (Fsp3) is 0.188. The predicted molar refractivity (Wildman–Crippen MR) is 85.5 cm³/mol. The topological polar surface area (TPSA) is 41.1 Å². The van der Waals surface area contributed by atoms with E-state index >= 15 is 0 Å². The van der Waals surface area contributed by atoms with E-state index in [-0.39, 0.29) is 17.8 Å². The van der Waals surface area contributed by atoms with Gasteiger partial charge in [0.2, 0.25) is 5.91 Å². The fourth-order valence-corrected chi connectivity index (χ4v) is 2.33. The van der Waals surface area contributed by atoms with Crippen molar-refractivity contribution in [2.24, 2.45) is 0 Å². The van der Waals surface area contributed by atoms with Crippen LogP contribution >= 0.6 is 15.9 Å². The largest absolute Gasteiger partial charge is 0.322 e. The quantitative estimate of drug-likeness (QED) is 0.809. The number of halogens is 4. The molecule has 0 spiro atoms. The van der Waals surface area contributed by atoms with Crippen molar-refractivity contribution in [1.29, 1.82) is 0 Å². The van der Waals surface area contributed by atoms with Gasteiger partial charge in [-0.05, 0) is 31.2 Å². The van der Waals surface area contributed by atoms with Gasteiger partial charge in [0.15, 0.2) is 0 Å². The lowest BCUT2D eigenvalue weighted by atomic mass is 10.1. The van der Waals surface area contributed by atoms with Crippen LogP contribution in [-0.2, 0) is 4.79 Å². The van der Waals surface area contributed by atoms with Crippen LogP contribution in [0, 0.1) is 17.5 Å². The number of amides is 1. The molecular formula is C16H14BrF3N2O. The fourth-order valence-electron chi connectivity index (χ4n) is 1.99. The Morgan fingerprint density at radius 3 is 2.52 bits per heavy atom. The maximum absolute atomic E-state index is 13.6. The molecule has 1 atom stereocenters.